The van der Waals surface area contributed by atoms with Gasteiger partial charge in [-0.15, -0.1) is 0 Å². The molecule has 0 amide bonds. The molecule has 35 heavy (non-hydrogen) atoms. The van der Waals surface area contributed by atoms with Crippen LogP contribution in [0.2, 0.25) is 0 Å². The summed E-state index contributed by atoms with van der Waals surface area (Å²) in [5.41, 5.74) is 5.46. The minimum atomic E-state index is -0.215. The number of benzene rings is 1. The Labute approximate surface area is 230 Å². The highest BCUT2D eigenvalue weighted by Gasteiger charge is 1.96. The minimum absolute atomic E-state index is 0.215. The highest BCUT2D eigenvalue weighted by atomic mass is 127. The zero-order valence-corrected chi connectivity index (χ0v) is 24.9. The van der Waals surface area contributed by atoms with E-state index in [1.165, 1.54) is 126 Å². The van der Waals surface area contributed by atoms with E-state index in [-0.39, 0.29) is 5.82 Å². The van der Waals surface area contributed by atoms with Crippen LogP contribution < -0.4 is 10.5 Å². The van der Waals surface area contributed by atoms with Crippen LogP contribution in [-0.4, -0.2) is 30.8 Å². The Bertz CT molecular complexity index is 500. The molecule has 0 heterocycles. The molecule has 0 fully saturated rings. The molecule has 1 aromatic rings. The Hall–Kier alpha value is -0.400. The summed E-state index contributed by atoms with van der Waals surface area (Å²) in [5.74, 6) is 0.545. The fraction of sp³-hybridized carbons (Fsp3) is 0.800. The molecular weight excluding hydrogens is 552 g/mol. The third kappa shape index (κ3) is 28.0. The molecule has 0 aliphatic carbocycles. The zero-order chi connectivity index (χ0) is 25.7. The number of hydrogen-bond donors (Lipinski definition) is 1. The van der Waals surface area contributed by atoms with Crippen molar-refractivity contribution in [3.8, 4) is 5.75 Å². The molecule has 1 rings (SSSR count). The molecule has 0 radical (unpaired) electrons. The van der Waals surface area contributed by atoms with Gasteiger partial charge in [0.1, 0.15) is 11.6 Å². The number of ether oxygens (including phenoxy) is 2. The van der Waals surface area contributed by atoms with Crippen molar-refractivity contribution >= 4 is 22.6 Å². The molecule has 0 aromatic heterocycles. The molecule has 3 nitrogen and oxygen atoms in total. The molecule has 0 aliphatic heterocycles. The first-order valence-electron chi connectivity index (χ1n) is 14.5. The predicted octanol–water partition coefficient (Wildman–Crippen LogP) is 9.64. The highest BCUT2D eigenvalue weighted by molar-refractivity contribution is 14.1. The summed E-state index contributed by atoms with van der Waals surface area (Å²) < 4.78 is 25.0. The molecule has 0 bridgehead atoms. The second-order valence-corrected chi connectivity index (χ2v) is 10.5. The van der Waals surface area contributed by atoms with Crippen LogP contribution in [-0.2, 0) is 4.74 Å². The van der Waals surface area contributed by atoms with E-state index in [4.69, 9.17) is 15.2 Å². The van der Waals surface area contributed by atoms with Crippen molar-refractivity contribution in [1.29, 1.82) is 0 Å². The summed E-state index contributed by atoms with van der Waals surface area (Å²) in [6, 6.07) is 6.21. The highest BCUT2D eigenvalue weighted by Crippen LogP contribution is 2.13. The lowest BCUT2D eigenvalue weighted by molar-refractivity contribution is 0.125. The first kappa shape index (κ1) is 34.6. The summed E-state index contributed by atoms with van der Waals surface area (Å²) >= 11 is 2.42. The zero-order valence-electron chi connectivity index (χ0n) is 22.7. The SMILES string of the molecule is CCCCCCOCCCCCCCCCCN.Fc1ccc(OCCCCCCCCI)cc1. The summed E-state index contributed by atoms with van der Waals surface area (Å²) in [6.45, 7) is 5.78. The standard InChI is InChI=1S/C16H35NO.C14H20FIO/c1-2-3-4-12-15-18-16-13-10-8-6-5-7-9-11-14-17;15-13-7-9-14(10-8-13)17-12-6-4-2-1-3-5-11-16/h2-17H2,1H3;7-10H,1-6,11-12H2. The van der Waals surface area contributed by atoms with E-state index in [1.807, 2.05) is 0 Å². The molecule has 0 spiro atoms. The largest absolute Gasteiger partial charge is 0.494 e. The van der Waals surface area contributed by atoms with E-state index < -0.39 is 0 Å². The minimum Gasteiger partial charge on any atom is -0.494 e. The number of nitrogens with two attached hydrogens (primary N) is 1. The number of hydrogen-bond acceptors (Lipinski definition) is 3. The van der Waals surface area contributed by atoms with Gasteiger partial charge in [-0.05, 0) is 67.3 Å². The van der Waals surface area contributed by atoms with Crippen molar-refractivity contribution in [2.45, 2.75) is 122 Å². The van der Waals surface area contributed by atoms with E-state index >= 15 is 0 Å². The van der Waals surface area contributed by atoms with Crippen LogP contribution in [0.4, 0.5) is 4.39 Å². The van der Waals surface area contributed by atoms with Crippen LogP contribution in [0.3, 0.4) is 0 Å². The molecule has 1 aromatic carbocycles. The molecule has 0 unspecified atom stereocenters. The Morgan fingerprint density at radius 1 is 0.629 bits per heavy atom. The van der Waals surface area contributed by atoms with Crippen LogP contribution in [0.1, 0.15) is 122 Å². The van der Waals surface area contributed by atoms with Gasteiger partial charge < -0.3 is 15.2 Å². The number of alkyl halides is 1. The van der Waals surface area contributed by atoms with Gasteiger partial charge in [0.05, 0.1) is 6.61 Å². The van der Waals surface area contributed by atoms with E-state index in [9.17, 15) is 4.39 Å². The fourth-order valence-electron chi connectivity index (χ4n) is 3.77. The average Bonchev–Trinajstić information content (AvgIpc) is 2.87. The molecular formula is C30H55FINO2. The molecule has 0 aliphatic rings. The van der Waals surface area contributed by atoms with E-state index in [0.29, 0.717) is 0 Å². The monoisotopic (exact) mass is 607 g/mol. The van der Waals surface area contributed by atoms with Crippen molar-refractivity contribution in [2.75, 3.05) is 30.8 Å². The first-order chi connectivity index (χ1) is 17.2. The van der Waals surface area contributed by atoms with Gasteiger partial charge in [-0.3, -0.25) is 0 Å². The molecule has 2 N–H and O–H groups in total. The van der Waals surface area contributed by atoms with Gasteiger partial charge in [0.2, 0.25) is 0 Å². The fourth-order valence-corrected chi connectivity index (χ4v) is 4.31. The molecule has 0 atom stereocenters. The number of unbranched alkanes of at least 4 members (excludes halogenated alkanes) is 15. The molecule has 5 heteroatoms. The van der Waals surface area contributed by atoms with Crippen LogP contribution in [0.15, 0.2) is 24.3 Å². The normalized spacial score (nSPS) is 10.7. The van der Waals surface area contributed by atoms with Gasteiger partial charge in [0, 0.05) is 13.2 Å². The summed E-state index contributed by atoms with van der Waals surface area (Å²) in [4.78, 5) is 0. The molecule has 0 saturated heterocycles. The van der Waals surface area contributed by atoms with Gasteiger partial charge in [0.25, 0.3) is 0 Å². The van der Waals surface area contributed by atoms with Crippen LogP contribution in [0, 0.1) is 5.82 Å². The van der Waals surface area contributed by atoms with E-state index in [0.717, 1.165) is 38.5 Å². The first-order valence-corrected chi connectivity index (χ1v) is 16.0. The topological polar surface area (TPSA) is 44.5 Å². The average molecular weight is 608 g/mol. The third-order valence-corrected chi connectivity index (χ3v) is 6.76. The van der Waals surface area contributed by atoms with Gasteiger partial charge in [-0.2, -0.15) is 0 Å². The Kier molecular flexibility index (Phi) is 29.5. The maximum atomic E-state index is 12.6. The predicted molar refractivity (Wildman–Crippen MR) is 159 cm³/mol. The summed E-state index contributed by atoms with van der Waals surface area (Å²) in [7, 11) is 0. The maximum absolute atomic E-state index is 12.6. The van der Waals surface area contributed by atoms with Gasteiger partial charge >= 0.3 is 0 Å². The smallest absolute Gasteiger partial charge is 0.123 e. The number of rotatable bonds is 24. The summed E-state index contributed by atoms with van der Waals surface area (Å²) in [5, 5.41) is 0. The maximum Gasteiger partial charge on any atom is 0.123 e. The van der Waals surface area contributed by atoms with Crippen LogP contribution in [0.25, 0.3) is 0 Å². The van der Waals surface area contributed by atoms with Crippen LogP contribution >= 0.6 is 22.6 Å². The quantitative estimate of drug-likeness (QED) is 0.0723. The van der Waals surface area contributed by atoms with Crippen LogP contribution in [0.5, 0.6) is 5.75 Å². The van der Waals surface area contributed by atoms with Gasteiger partial charge in [0.15, 0.2) is 0 Å². The van der Waals surface area contributed by atoms with Crippen molar-refractivity contribution in [3.63, 3.8) is 0 Å². The second kappa shape index (κ2) is 29.8. The third-order valence-electron chi connectivity index (χ3n) is 6.00. The molecule has 206 valence electrons. The molecule has 0 saturated carbocycles. The van der Waals surface area contributed by atoms with Crippen molar-refractivity contribution in [3.05, 3.63) is 30.1 Å². The van der Waals surface area contributed by atoms with Crippen molar-refractivity contribution < 1.29 is 13.9 Å². The summed E-state index contributed by atoms with van der Waals surface area (Å²) in [6.07, 6.45) is 23.5. The second-order valence-electron chi connectivity index (χ2n) is 9.40. The van der Waals surface area contributed by atoms with Gasteiger partial charge in [-0.25, -0.2) is 4.39 Å². The van der Waals surface area contributed by atoms with Crippen molar-refractivity contribution in [1.82, 2.24) is 0 Å². The van der Waals surface area contributed by atoms with Crippen molar-refractivity contribution in [2.24, 2.45) is 5.73 Å². The number of halogens is 2. The lowest BCUT2D eigenvalue weighted by Gasteiger charge is -2.05. The van der Waals surface area contributed by atoms with E-state index in [2.05, 4.69) is 29.5 Å². The lowest BCUT2D eigenvalue weighted by Crippen LogP contribution is -1.98. The lowest BCUT2D eigenvalue weighted by atomic mass is 10.1. The Morgan fingerprint density at radius 2 is 1.09 bits per heavy atom. The van der Waals surface area contributed by atoms with E-state index in [1.54, 1.807) is 12.1 Å². The Balaban J connectivity index is 0.000000661. The Morgan fingerprint density at radius 3 is 1.60 bits per heavy atom. The van der Waals surface area contributed by atoms with Gasteiger partial charge in [-0.1, -0.05) is 113 Å².